The van der Waals surface area contributed by atoms with Crippen molar-refractivity contribution in [2.75, 3.05) is 13.2 Å². The number of phosphoric acid groups is 2. The minimum atomic E-state index is -5.38. The Kier molecular flexibility index (Phi) is 33.8. The lowest BCUT2D eigenvalue weighted by Gasteiger charge is -2.43. The van der Waals surface area contributed by atoms with E-state index < -0.39 is 83.5 Å². The van der Waals surface area contributed by atoms with Crippen LogP contribution in [-0.4, -0.2) is 115 Å². The SMILES string of the molecule is CC/C=C\C/C=C\C/C=C\C/C=C\C/C=C\CCCCCC(=O)OC[C@H](COP(=O)(O)O[C@H]1C(O)C(O)C(O)[C@@H](OP(=O)(O)O)C1O)OC(=O)CCC/C=C\C/C=C\C/C=C\CC1OC1CCCCC. The highest BCUT2D eigenvalue weighted by atomic mass is 31.2. The van der Waals surface area contributed by atoms with E-state index in [0.717, 1.165) is 70.6 Å². The lowest BCUT2D eigenvalue weighted by atomic mass is 9.85. The van der Waals surface area contributed by atoms with Gasteiger partial charge in [0.15, 0.2) is 6.10 Å². The lowest BCUT2D eigenvalue weighted by Crippen LogP contribution is -2.64. The molecular formula is C51H82O17P2. The first kappa shape index (κ1) is 63.0. The molecule has 0 bridgehead atoms. The third kappa shape index (κ3) is 30.7. The molecule has 0 spiro atoms. The van der Waals surface area contributed by atoms with Gasteiger partial charge in [0, 0.05) is 12.8 Å². The quantitative estimate of drug-likeness (QED) is 0.00995. The maximum absolute atomic E-state index is 13.0. The standard InChI is InChI=1S/C51H82O17P2/c1-3-5-7-8-9-10-11-12-13-14-15-16-17-18-19-23-26-29-33-37-44(52)63-39-41(40-64-70(61,62)68-51-48(56)46(54)47(55)50(49(51)57)67-69(58,59)60)65-45(53)38-34-30-27-24-21-20-22-25-28-32-36-43-42(66-43)35-31-6-4-2/h5,7,9-10,12-13,15-16,18-20,22,24,27-28,32,41-43,46-51,54-57H,3-4,6,8,11,14,17,21,23,25-26,29-31,33-40H2,1-2H3,(H,61,62)(H2,58,59,60)/b7-5-,10-9-,13-12-,16-15-,19-18-,22-20-,27-24-,32-28-/t41-,42?,43?,46?,47?,48?,49?,50-,51+/m1/s1. The van der Waals surface area contributed by atoms with Gasteiger partial charge in [0.25, 0.3) is 0 Å². The van der Waals surface area contributed by atoms with E-state index >= 15 is 0 Å². The number of carbonyl (C=O) groups is 2. The summed E-state index contributed by atoms with van der Waals surface area (Å²) in [6.07, 6.45) is 35.4. The van der Waals surface area contributed by atoms with Gasteiger partial charge in [-0.3, -0.25) is 23.2 Å². The molecule has 70 heavy (non-hydrogen) atoms. The van der Waals surface area contributed by atoms with Gasteiger partial charge in [-0.1, -0.05) is 137 Å². The van der Waals surface area contributed by atoms with Gasteiger partial charge in [0.05, 0.1) is 18.8 Å². The molecule has 0 amide bonds. The summed E-state index contributed by atoms with van der Waals surface area (Å²) < 4.78 is 55.1. The highest BCUT2D eigenvalue weighted by Gasteiger charge is 2.54. The fourth-order valence-electron chi connectivity index (χ4n) is 7.14. The van der Waals surface area contributed by atoms with E-state index in [-0.39, 0.29) is 12.8 Å². The Bertz CT molecular complexity index is 1790. The zero-order chi connectivity index (χ0) is 51.5. The molecule has 1 heterocycles. The first-order valence-electron chi connectivity index (χ1n) is 24.9. The maximum Gasteiger partial charge on any atom is 0.472 e. The third-order valence-corrected chi connectivity index (χ3v) is 12.6. The second-order valence-corrected chi connectivity index (χ2v) is 19.8. The van der Waals surface area contributed by atoms with Crippen LogP contribution < -0.4 is 0 Å². The second kappa shape index (κ2) is 37.6. The number of aliphatic hydroxyl groups excluding tert-OH is 4. The van der Waals surface area contributed by atoms with Gasteiger partial charge in [-0.2, -0.15) is 0 Å². The predicted octanol–water partition coefficient (Wildman–Crippen LogP) is 8.94. The number of ether oxygens (including phenoxy) is 3. The minimum Gasteiger partial charge on any atom is -0.462 e. The summed E-state index contributed by atoms with van der Waals surface area (Å²) in [5.41, 5.74) is 0. The summed E-state index contributed by atoms with van der Waals surface area (Å²) in [5.74, 6) is -1.32. The molecule has 0 aromatic heterocycles. The summed E-state index contributed by atoms with van der Waals surface area (Å²) >= 11 is 0. The normalized spacial score (nSPS) is 24.7. The van der Waals surface area contributed by atoms with Gasteiger partial charge < -0.3 is 49.3 Å². The van der Waals surface area contributed by atoms with Crippen LogP contribution in [0.3, 0.4) is 0 Å². The summed E-state index contributed by atoms with van der Waals surface area (Å²) in [6, 6.07) is 0. The Morgan fingerprint density at radius 2 is 1.06 bits per heavy atom. The number of rotatable bonds is 39. The Morgan fingerprint density at radius 3 is 1.61 bits per heavy atom. The van der Waals surface area contributed by atoms with Gasteiger partial charge in [0.1, 0.15) is 43.2 Å². The van der Waals surface area contributed by atoms with E-state index in [2.05, 4.69) is 103 Å². The minimum absolute atomic E-state index is 0.0492. The molecule has 10 atom stereocenters. The molecule has 7 unspecified atom stereocenters. The van der Waals surface area contributed by atoms with Crippen molar-refractivity contribution < 1.29 is 81.6 Å². The van der Waals surface area contributed by atoms with E-state index in [1.165, 1.54) is 19.3 Å². The van der Waals surface area contributed by atoms with Gasteiger partial charge in [-0.05, 0) is 89.9 Å². The average molecular weight is 1030 g/mol. The van der Waals surface area contributed by atoms with Gasteiger partial charge in [0.2, 0.25) is 0 Å². The number of allylic oxidation sites excluding steroid dienone is 15. The van der Waals surface area contributed by atoms with Crippen LogP contribution in [0.5, 0.6) is 0 Å². The van der Waals surface area contributed by atoms with Crippen molar-refractivity contribution in [2.24, 2.45) is 0 Å². The van der Waals surface area contributed by atoms with Crippen molar-refractivity contribution in [3.8, 4) is 0 Å². The molecule has 7 N–H and O–H groups in total. The van der Waals surface area contributed by atoms with E-state index in [9.17, 15) is 53.8 Å². The van der Waals surface area contributed by atoms with Crippen LogP contribution in [0.25, 0.3) is 0 Å². The number of carbonyl (C=O) groups excluding carboxylic acids is 2. The molecule has 0 aromatic carbocycles. The first-order chi connectivity index (χ1) is 33.6. The summed E-state index contributed by atoms with van der Waals surface area (Å²) in [7, 11) is -10.7. The molecule has 0 radical (unpaired) electrons. The summed E-state index contributed by atoms with van der Waals surface area (Å²) in [4.78, 5) is 54.4. The van der Waals surface area contributed by atoms with E-state index in [1.807, 2.05) is 12.2 Å². The topological polar surface area (TPSA) is 269 Å². The Labute approximate surface area is 415 Å². The summed E-state index contributed by atoms with van der Waals surface area (Å²) in [6.45, 7) is 2.88. The molecule has 2 fully saturated rings. The molecule has 2 rings (SSSR count). The number of phosphoric ester groups is 2. The van der Waals surface area contributed by atoms with Crippen LogP contribution in [0, 0.1) is 0 Å². The average Bonchev–Trinajstić information content (AvgIpc) is 4.07. The molecule has 0 aromatic rings. The lowest BCUT2D eigenvalue weighted by molar-refractivity contribution is -0.216. The van der Waals surface area contributed by atoms with E-state index in [1.54, 1.807) is 0 Å². The van der Waals surface area contributed by atoms with E-state index in [0.29, 0.717) is 37.9 Å². The predicted molar refractivity (Wildman–Crippen MR) is 268 cm³/mol. The van der Waals surface area contributed by atoms with Crippen molar-refractivity contribution in [3.63, 3.8) is 0 Å². The van der Waals surface area contributed by atoms with Crippen molar-refractivity contribution in [2.45, 2.75) is 197 Å². The highest BCUT2D eigenvalue weighted by Crippen LogP contribution is 2.49. The van der Waals surface area contributed by atoms with Crippen molar-refractivity contribution in [3.05, 3.63) is 97.2 Å². The van der Waals surface area contributed by atoms with Gasteiger partial charge >= 0.3 is 27.6 Å². The van der Waals surface area contributed by atoms with Crippen LogP contribution in [0.15, 0.2) is 97.2 Å². The highest BCUT2D eigenvalue weighted by molar-refractivity contribution is 7.47. The zero-order valence-electron chi connectivity index (χ0n) is 41.1. The largest absolute Gasteiger partial charge is 0.472 e. The number of aliphatic hydroxyl groups is 4. The fraction of sp³-hybridized carbons (Fsp3) is 0.647. The molecule has 1 saturated carbocycles. The number of hydrogen-bond acceptors (Lipinski definition) is 14. The number of epoxide rings is 1. The molecule has 1 saturated heterocycles. The van der Waals surface area contributed by atoms with Crippen LogP contribution in [0.4, 0.5) is 0 Å². The Balaban J connectivity index is 1.81. The Morgan fingerprint density at radius 1 is 0.543 bits per heavy atom. The number of esters is 2. The van der Waals surface area contributed by atoms with Crippen LogP contribution in [0.2, 0.25) is 0 Å². The second-order valence-electron chi connectivity index (χ2n) is 17.2. The molecular weight excluding hydrogens is 946 g/mol. The number of unbranched alkanes of at least 4 members (excludes halogenated alkanes) is 6. The maximum atomic E-state index is 13.0. The summed E-state index contributed by atoms with van der Waals surface area (Å²) in [5, 5.41) is 41.3. The zero-order valence-corrected chi connectivity index (χ0v) is 42.9. The van der Waals surface area contributed by atoms with Crippen molar-refractivity contribution in [1.29, 1.82) is 0 Å². The van der Waals surface area contributed by atoms with Crippen LogP contribution in [-0.2, 0) is 46.5 Å². The van der Waals surface area contributed by atoms with Crippen molar-refractivity contribution in [1.82, 2.24) is 0 Å². The van der Waals surface area contributed by atoms with Crippen LogP contribution in [0.1, 0.15) is 142 Å². The van der Waals surface area contributed by atoms with Crippen LogP contribution >= 0.6 is 15.6 Å². The molecule has 19 heteroatoms. The third-order valence-electron chi connectivity index (χ3n) is 11.1. The van der Waals surface area contributed by atoms with Gasteiger partial charge in [-0.25, -0.2) is 9.13 Å². The Hall–Kier alpha value is -3.12. The van der Waals surface area contributed by atoms with E-state index in [4.69, 9.17) is 23.3 Å². The molecule has 2 aliphatic rings. The van der Waals surface area contributed by atoms with Crippen molar-refractivity contribution >= 4 is 27.6 Å². The molecule has 398 valence electrons. The number of hydrogen-bond donors (Lipinski definition) is 7. The molecule has 17 nitrogen and oxygen atoms in total. The first-order valence-corrected chi connectivity index (χ1v) is 27.9. The fourth-order valence-corrected chi connectivity index (χ4v) is 8.68. The van der Waals surface area contributed by atoms with Gasteiger partial charge in [-0.15, -0.1) is 0 Å². The smallest absolute Gasteiger partial charge is 0.462 e. The monoisotopic (exact) mass is 1030 g/mol. The molecule has 1 aliphatic carbocycles. The molecule has 1 aliphatic heterocycles.